The lowest BCUT2D eigenvalue weighted by atomic mass is 10.2. The summed E-state index contributed by atoms with van der Waals surface area (Å²) in [5.41, 5.74) is 1.17. The molecule has 0 amide bonds. The van der Waals surface area contributed by atoms with Gasteiger partial charge in [0.15, 0.2) is 0 Å². The van der Waals surface area contributed by atoms with Crippen molar-refractivity contribution in [3.8, 4) is 0 Å². The van der Waals surface area contributed by atoms with Gasteiger partial charge in [0.2, 0.25) is 5.95 Å². The maximum absolute atomic E-state index is 13.0. The SMILES string of the molecule is CNc1nc(Nc2cn(C(C)c3ccccn3)nc2C)ncc1C(F)(F)F. The number of aryl methyl sites for hydroxylation is 1. The molecule has 0 aliphatic rings. The van der Waals surface area contributed by atoms with Gasteiger partial charge in [-0.15, -0.1) is 0 Å². The van der Waals surface area contributed by atoms with Gasteiger partial charge in [0.25, 0.3) is 0 Å². The smallest absolute Gasteiger partial charge is 0.372 e. The van der Waals surface area contributed by atoms with Crippen LogP contribution < -0.4 is 10.6 Å². The summed E-state index contributed by atoms with van der Waals surface area (Å²) in [6.45, 7) is 3.74. The van der Waals surface area contributed by atoms with Gasteiger partial charge in [0.05, 0.1) is 23.1 Å². The van der Waals surface area contributed by atoms with Gasteiger partial charge in [-0.3, -0.25) is 9.67 Å². The Kier molecular flexibility index (Phi) is 4.98. The second kappa shape index (κ2) is 7.22. The van der Waals surface area contributed by atoms with Crippen LogP contribution in [0, 0.1) is 6.92 Å². The lowest BCUT2D eigenvalue weighted by Gasteiger charge is -2.12. The summed E-state index contributed by atoms with van der Waals surface area (Å²) in [6, 6.07) is 5.51. The van der Waals surface area contributed by atoms with E-state index < -0.39 is 11.7 Å². The predicted molar refractivity (Wildman–Crippen MR) is 94.9 cm³/mol. The average Bonchev–Trinajstić information content (AvgIpc) is 3.01. The Labute approximate surface area is 153 Å². The largest absolute Gasteiger partial charge is 0.421 e. The van der Waals surface area contributed by atoms with Gasteiger partial charge in [0.1, 0.15) is 11.4 Å². The molecule has 3 heterocycles. The van der Waals surface area contributed by atoms with Crippen LogP contribution in [0.4, 0.5) is 30.6 Å². The van der Waals surface area contributed by atoms with Crippen LogP contribution in [-0.2, 0) is 6.18 Å². The number of pyridine rings is 1. The molecule has 0 spiro atoms. The lowest BCUT2D eigenvalue weighted by Crippen LogP contribution is -2.12. The Bertz CT molecular complexity index is 922. The van der Waals surface area contributed by atoms with E-state index >= 15 is 0 Å². The van der Waals surface area contributed by atoms with Gasteiger partial charge in [-0.2, -0.15) is 23.3 Å². The molecular weight excluding hydrogens is 359 g/mol. The topological polar surface area (TPSA) is 80.5 Å². The van der Waals surface area contributed by atoms with Crippen molar-refractivity contribution in [1.82, 2.24) is 24.7 Å². The van der Waals surface area contributed by atoms with Crippen molar-refractivity contribution in [3.05, 3.63) is 53.7 Å². The third-order valence-electron chi connectivity index (χ3n) is 4.01. The molecule has 10 heteroatoms. The molecule has 27 heavy (non-hydrogen) atoms. The highest BCUT2D eigenvalue weighted by atomic mass is 19.4. The molecular formula is C17H18F3N7. The summed E-state index contributed by atoms with van der Waals surface area (Å²) in [7, 11) is 1.37. The van der Waals surface area contributed by atoms with Crippen LogP contribution in [0.1, 0.15) is 29.9 Å². The molecule has 3 aromatic rings. The number of anilines is 3. The lowest BCUT2D eigenvalue weighted by molar-refractivity contribution is -0.137. The first-order valence-corrected chi connectivity index (χ1v) is 8.15. The third kappa shape index (κ3) is 3.99. The minimum absolute atomic E-state index is 0.0421. The van der Waals surface area contributed by atoms with Crippen LogP contribution in [0.15, 0.2) is 36.8 Å². The van der Waals surface area contributed by atoms with E-state index in [2.05, 4.69) is 30.7 Å². The van der Waals surface area contributed by atoms with Crippen molar-refractivity contribution in [1.29, 1.82) is 0 Å². The first kappa shape index (κ1) is 18.6. The molecule has 7 nitrogen and oxygen atoms in total. The molecule has 0 radical (unpaired) electrons. The minimum atomic E-state index is -4.53. The normalized spacial score (nSPS) is 12.7. The van der Waals surface area contributed by atoms with Crippen molar-refractivity contribution in [2.75, 3.05) is 17.7 Å². The second-order valence-corrected chi connectivity index (χ2v) is 5.87. The average molecular weight is 377 g/mol. The van der Waals surface area contributed by atoms with Crippen molar-refractivity contribution in [2.45, 2.75) is 26.1 Å². The van der Waals surface area contributed by atoms with Crippen LogP contribution in [-0.4, -0.2) is 31.8 Å². The van der Waals surface area contributed by atoms with Crippen LogP contribution >= 0.6 is 0 Å². The van der Waals surface area contributed by atoms with E-state index in [1.165, 1.54) is 7.05 Å². The van der Waals surface area contributed by atoms with Crippen LogP contribution in [0.2, 0.25) is 0 Å². The number of aromatic nitrogens is 5. The van der Waals surface area contributed by atoms with Crippen molar-refractivity contribution in [2.24, 2.45) is 0 Å². The van der Waals surface area contributed by atoms with Gasteiger partial charge in [-0.1, -0.05) is 6.07 Å². The zero-order chi connectivity index (χ0) is 19.6. The highest BCUT2D eigenvalue weighted by Gasteiger charge is 2.35. The third-order valence-corrected chi connectivity index (χ3v) is 4.01. The summed E-state index contributed by atoms with van der Waals surface area (Å²) >= 11 is 0. The monoisotopic (exact) mass is 377 g/mol. The Morgan fingerprint density at radius 3 is 2.59 bits per heavy atom. The second-order valence-electron chi connectivity index (χ2n) is 5.87. The highest BCUT2D eigenvalue weighted by molar-refractivity contribution is 5.58. The fraction of sp³-hybridized carbons (Fsp3) is 0.294. The molecule has 0 aliphatic heterocycles. The number of hydrogen-bond acceptors (Lipinski definition) is 6. The molecule has 2 N–H and O–H groups in total. The first-order chi connectivity index (χ1) is 12.8. The van der Waals surface area contributed by atoms with Crippen LogP contribution in [0.5, 0.6) is 0 Å². The van der Waals surface area contributed by atoms with Gasteiger partial charge in [-0.05, 0) is 26.0 Å². The Hall–Kier alpha value is -3.17. The molecule has 1 unspecified atom stereocenters. The summed E-state index contributed by atoms with van der Waals surface area (Å²) in [5, 5.41) is 9.81. The molecule has 0 fully saturated rings. The van der Waals surface area contributed by atoms with Crippen LogP contribution in [0.25, 0.3) is 0 Å². The van der Waals surface area contributed by atoms with E-state index in [4.69, 9.17) is 0 Å². The fourth-order valence-corrected chi connectivity index (χ4v) is 2.52. The first-order valence-electron chi connectivity index (χ1n) is 8.15. The van der Waals surface area contributed by atoms with E-state index in [9.17, 15) is 13.2 Å². The molecule has 0 aliphatic carbocycles. The quantitative estimate of drug-likeness (QED) is 0.704. The summed E-state index contributed by atoms with van der Waals surface area (Å²) in [5.74, 6) is -0.257. The maximum Gasteiger partial charge on any atom is 0.421 e. The van der Waals surface area contributed by atoms with Crippen LogP contribution in [0.3, 0.4) is 0 Å². The van der Waals surface area contributed by atoms with E-state index in [0.717, 1.165) is 11.9 Å². The Morgan fingerprint density at radius 1 is 1.19 bits per heavy atom. The molecule has 1 atom stereocenters. The minimum Gasteiger partial charge on any atom is -0.372 e. The van der Waals surface area contributed by atoms with Gasteiger partial charge >= 0.3 is 6.18 Å². The maximum atomic E-state index is 13.0. The van der Waals surface area contributed by atoms with Gasteiger partial charge in [-0.25, -0.2) is 4.98 Å². The Balaban J connectivity index is 1.86. The Morgan fingerprint density at radius 2 is 1.96 bits per heavy atom. The van der Waals surface area contributed by atoms with E-state index in [1.54, 1.807) is 24.0 Å². The molecule has 0 saturated carbocycles. The van der Waals surface area contributed by atoms with E-state index in [1.807, 2.05) is 25.1 Å². The number of alkyl halides is 3. The van der Waals surface area contributed by atoms with Gasteiger partial charge in [0, 0.05) is 25.6 Å². The van der Waals surface area contributed by atoms with E-state index in [0.29, 0.717) is 11.4 Å². The zero-order valence-corrected chi connectivity index (χ0v) is 14.9. The highest BCUT2D eigenvalue weighted by Crippen LogP contribution is 2.34. The fourth-order valence-electron chi connectivity index (χ4n) is 2.52. The van der Waals surface area contributed by atoms with Crippen molar-refractivity contribution in [3.63, 3.8) is 0 Å². The molecule has 142 valence electrons. The number of nitrogens with zero attached hydrogens (tertiary/aromatic N) is 5. The summed E-state index contributed by atoms with van der Waals surface area (Å²) in [4.78, 5) is 12.0. The number of nitrogens with one attached hydrogen (secondary N) is 2. The molecule has 0 saturated heterocycles. The molecule has 3 aromatic heterocycles. The predicted octanol–water partition coefficient (Wildman–Crippen LogP) is 3.79. The summed E-state index contributed by atoms with van der Waals surface area (Å²) < 4.78 is 40.6. The summed E-state index contributed by atoms with van der Waals surface area (Å²) in [6.07, 6.45) is -0.335. The molecule has 0 aromatic carbocycles. The molecule has 3 rings (SSSR count). The van der Waals surface area contributed by atoms with Crippen molar-refractivity contribution >= 4 is 17.5 Å². The number of rotatable bonds is 5. The zero-order valence-electron chi connectivity index (χ0n) is 14.9. The number of halogens is 3. The van der Waals surface area contributed by atoms with Crippen molar-refractivity contribution < 1.29 is 13.2 Å². The van der Waals surface area contributed by atoms with E-state index in [-0.39, 0.29) is 17.8 Å². The van der Waals surface area contributed by atoms with Gasteiger partial charge < -0.3 is 10.6 Å². The molecule has 0 bridgehead atoms. The number of hydrogen-bond donors (Lipinski definition) is 2. The standard InChI is InChI=1S/C17H18F3N7/c1-10-14(9-27(26-10)11(2)13-6-4-5-7-22-13)24-16-23-8-12(17(18,19)20)15(21-3)25-16/h4-9,11H,1-3H3,(H2,21,23,24,25).